The van der Waals surface area contributed by atoms with Crippen LogP contribution in [0.3, 0.4) is 0 Å². The number of allylic oxidation sites excluding steroid dienone is 1. The van der Waals surface area contributed by atoms with E-state index in [4.69, 9.17) is 4.74 Å². The summed E-state index contributed by atoms with van der Waals surface area (Å²) in [7, 11) is 1.46. The summed E-state index contributed by atoms with van der Waals surface area (Å²) in [4.78, 5) is 27.1. The van der Waals surface area contributed by atoms with E-state index in [1.54, 1.807) is 0 Å². The molecule has 0 aromatic rings. The van der Waals surface area contributed by atoms with Crippen molar-refractivity contribution in [1.29, 1.82) is 0 Å². The molecule has 0 N–H and O–H groups in total. The predicted molar refractivity (Wildman–Crippen MR) is 77.3 cm³/mol. The number of hydrogen-bond acceptors (Lipinski definition) is 4. The first-order valence-corrected chi connectivity index (χ1v) is 8.24. The highest BCUT2D eigenvalue weighted by Gasteiger charge is 2.61. The third kappa shape index (κ3) is 1.68. The fourth-order valence-corrected chi connectivity index (χ4v) is 5.58. The first-order chi connectivity index (χ1) is 10.2. The quantitative estimate of drug-likeness (QED) is 0.694. The number of esters is 1. The number of nitrogens with zero attached hydrogens (tertiary/aromatic N) is 1. The summed E-state index contributed by atoms with van der Waals surface area (Å²) in [6.07, 6.45) is 8.07. The van der Waals surface area contributed by atoms with Crippen LogP contribution in [0.4, 0.5) is 0 Å². The van der Waals surface area contributed by atoms with Crippen molar-refractivity contribution in [2.75, 3.05) is 20.2 Å². The third-order valence-corrected chi connectivity index (χ3v) is 6.34. The van der Waals surface area contributed by atoms with Crippen LogP contribution in [0, 0.1) is 23.2 Å². The summed E-state index contributed by atoms with van der Waals surface area (Å²) >= 11 is 0. The van der Waals surface area contributed by atoms with E-state index in [9.17, 15) is 9.59 Å². The van der Waals surface area contributed by atoms with Crippen molar-refractivity contribution >= 4 is 11.8 Å². The van der Waals surface area contributed by atoms with Gasteiger partial charge in [-0.15, -0.1) is 0 Å². The van der Waals surface area contributed by atoms with Gasteiger partial charge in [0, 0.05) is 36.5 Å². The summed E-state index contributed by atoms with van der Waals surface area (Å²) < 4.78 is 4.97. The van der Waals surface area contributed by atoms with Crippen molar-refractivity contribution in [2.24, 2.45) is 23.2 Å². The van der Waals surface area contributed by atoms with Crippen LogP contribution in [-0.4, -0.2) is 36.9 Å². The molecule has 4 rings (SSSR count). The van der Waals surface area contributed by atoms with Gasteiger partial charge in [-0.05, 0) is 38.0 Å². The van der Waals surface area contributed by atoms with Crippen molar-refractivity contribution < 1.29 is 14.3 Å². The molecule has 2 saturated heterocycles. The van der Waals surface area contributed by atoms with E-state index in [1.165, 1.54) is 19.2 Å². The summed E-state index contributed by atoms with van der Waals surface area (Å²) in [6.45, 7) is 2.12. The smallest absolute Gasteiger partial charge is 0.312 e. The van der Waals surface area contributed by atoms with Crippen LogP contribution in [0.5, 0.6) is 0 Å². The molecule has 1 unspecified atom stereocenters. The molecule has 0 aromatic heterocycles. The molecule has 0 aromatic carbocycles. The number of methoxy groups -OCH3 is 1. The van der Waals surface area contributed by atoms with Gasteiger partial charge in [-0.1, -0.05) is 6.08 Å². The molecule has 3 fully saturated rings. The normalized spacial score (nSPS) is 41.2. The number of ketones is 1. The van der Waals surface area contributed by atoms with Crippen molar-refractivity contribution in [1.82, 2.24) is 4.90 Å². The summed E-state index contributed by atoms with van der Waals surface area (Å²) in [5.41, 5.74) is 1.37. The van der Waals surface area contributed by atoms with E-state index in [1.807, 2.05) is 0 Å². The standard InChI is InChI=1S/C17H23NO3/c1-21-16(20)11-8-12-10-14(19)13-4-2-6-18-7-3-5-17(12,13)15(18)9-11/h9,11-13H,2-8,10H2,1H3/t11?,12-,13-,17+/m1/s1. The molecule has 21 heavy (non-hydrogen) atoms. The molecule has 2 aliphatic heterocycles. The lowest BCUT2D eigenvalue weighted by molar-refractivity contribution is -0.145. The van der Waals surface area contributed by atoms with Crippen molar-refractivity contribution in [2.45, 2.75) is 38.5 Å². The van der Waals surface area contributed by atoms with Gasteiger partial charge in [-0.2, -0.15) is 0 Å². The fraction of sp³-hybridized carbons (Fsp3) is 0.765. The maximum Gasteiger partial charge on any atom is 0.312 e. The van der Waals surface area contributed by atoms with E-state index in [0.29, 0.717) is 18.1 Å². The highest BCUT2D eigenvalue weighted by molar-refractivity contribution is 5.86. The Hall–Kier alpha value is -1.32. The van der Waals surface area contributed by atoms with Gasteiger partial charge in [0.2, 0.25) is 0 Å². The number of ether oxygens (including phenoxy) is 1. The monoisotopic (exact) mass is 289 g/mol. The van der Waals surface area contributed by atoms with Crippen LogP contribution in [0.25, 0.3) is 0 Å². The third-order valence-electron chi connectivity index (χ3n) is 6.34. The molecule has 2 aliphatic carbocycles. The summed E-state index contributed by atoms with van der Waals surface area (Å²) in [6, 6.07) is 0. The predicted octanol–water partition coefficient (Wildman–Crippen LogP) is 2.14. The average molecular weight is 289 g/mol. The molecule has 4 aliphatic rings. The molecule has 0 amide bonds. The van der Waals surface area contributed by atoms with E-state index in [-0.39, 0.29) is 23.2 Å². The van der Waals surface area contributed by atoms with Gasteiger partial charge >= 0.3 is 5.97 Å². The maximum atomic E-state index is 12.6. The SMILES string of the molecule is COC(=O)C1C=C2N3CCC[C@@H]4C(=O)C[C@@H](C1)[C@]24CCC3. The molecule has 1 spiro atoms. The summed E-state index contributed by atoms with van der Waals surface area (Å²) in [5, 5.41) is 0. The second kappa shape index (κ2) is 4.59. The summed E-state index contributed by atoms with van der Waals surface area (Å²) in [5.74, 6) is 0.697. The lowest BCUT2D eigenvalue weighted by atomic mass is 9.59. The van der Waals surface area contributed by atoms with Gasteiger partial charge in [0.05, 0.1) is 13.0 Å². The minimum absolute atomic E-state index is 0.0519. The Balaban J connectivity index is 1.84. The topological polar surface area (TPSA) is 46.6 Å². The van der Waals surface area contributed by atoms with E-state index in [0.717, 1.165) is 38.8 Å². The zero-order valence-corrected chi connectivity index (χ0v) is 12.6. The molecule has 4 nitrogen and oxygen atoms in total. The lowest BCUT2D eigenvalue weighted by Gasteiger charge is -2.51. The zero-order chi connectivity index (χ0) is 14.6. The molecule has 114 valence electrons. The number of carbonyl (C=O) groups excluding carboxylic acids is 2. The minimum atomic E-state index is -0.159. The molecule has 2 heterocycles. The van der Waals surface area contributed by atoms with Gasteiger partial charge in [-0.3, -0.25) is 9.59 Å². The van der Waals surface area contributed by atoms with Crippen LogP contribution in [-0.2, 0) is 14.3 Å². The Morgan fingerprint density at radius 1 is 1.38 bits per heavy atom. The van der Waals surface area contributed by atoms with Crippen molar-refractivity contribution in [3.63, 3.8) is 0 Å². The lowest BCUT2D eigenvalue weighted by Crippen LogP contribution is -2.48. The molecule has 0 radical (unpaired) electrons. The van der Waals surface area contributed by atoms with Gasteiger partial charge < -0.3 is 9.64 Å². The van der Waals surface area contributed by atoms with Crippen molar-refractivity contribution in [3.05, 3.63) is 11.8 Å². The van der Waals surface area contributed by atoms with Crippen LogP contribution >= 0.6 is 0 Å². The first kappa shape index (κ1) is 13.4. The number of hydrogen-bond donors (Lipinski definition) is 0. The van der Waals surface area contributed by atoms with Gasteiger partial charge in [0.25, 0.3) is 0 Å². The average Bonchev–Trinajstić information content (AvgIpc) is 2.71. The highest BCUT2D eigenvalue weighted by Crippen LogP contribution is 2.63. The zero-order valence-electron chi connectivity index (χ0n) is 12.6. The van der Waals surface area contributed by atoms with Gasteiger partial charge in [0.15, 0.2) is 0 Å². The van der Waals surface area contributed by atoms with Crippen LogP contribution in [0.15, 0.2) is 11.8 Å². The Kier molecular flexibility index (Phi) is 2.92. The molecule has 2 bridgehead atoms. The second-order valence-electron chi connectivity index (χ2n) is 7.11. The van der Waals surface area contributed by atoms with E-state index < -0.39 is 0 Å². The second-order valence-corrected chi connectivity index (χ2v) is 7.11. The molecule has 4 atom stereocenters. The Bertz CT molecular complexity index is 526. The van der Waals surface area contributed by atoms with Gasteiger partial charge in [0.1, 0.15) is 5.78 Å². The molecule has 1 saturated carbocycles. The number of rotatable bonds is 1. The highest BCUT2D eigenvalue weighted by atomic mass is 16.5. The van der Waals surface area contributed by atoms with Crippen LogP contribution in [0.1, 0.15) is 38.5 Å². The minimum Gasteiger partial charge on any atom is -0.469 e. The van der Waals surface area contributed by atoms with E-state index in [2.05, 4.69) is 11.0 Å². The number of carbonyl (C=O) groups is 2. The molecular weight excluding hydrogens is 266 g/mol. The first-order valence-electron chi connectivity index (χ1n) is 8.24. The molecular formula is C17H23NO3. The van der Waals surface area contributed by atoms with Crippen molar-refractivity contribution in [3.8, 4) is 0 Å². The van der Waals surface area contributed by atoms with E-state index >= 15 is 0 Å². The largest absolute Gasteiger partial charge is 0.469 e. The van der Waals surface area contributed by atoms with Gasteiger partial charge in [-0.25, -0.2) is 0 Å². The number of piperidine rings is 1. The Labute approximate surface area is 125 Å². The number of Topliss-reactive ketones (excluding diaryl/α,β-unsaturated/α-hetero) is 1. The Morgan fingerprint density at radius 3 is 3.00 bits per heavy atom. The van der Waals surface area contributed by atoms with Crippen LogP contribution in [0.2, 0.25) is 0 Å². The fourth-order valence-electron chi connectivity index (χ4n) is 5.58. The maximum absolute atomic E-state index is 12.6. The Morgan fingerprint density at radius 2 is 2.19 bits per heavy atom. The molecule has 4 heteroatoms. The van der Waals surface area contributed by atoms with Crippen LogP contribution < -0.4 is 0 Å².